The van der Waals surface area contributed by atoms with Crippen LogP contribution in [0.15, 0.2) is 71.9 Å². The Morgan fingerprint density at radius 2 is 1.64 bits per heavy atom. The first-order valence-corrected chi connectivity index (χ1v) is 13.5. The van der Waals surface area contributed by atoms with E-state index >= 15 is 0 Å². The number of primary amides is 1. The minimum absolute atomic E-state index is 0.0280. The summed E-state index contributed by atoms with van der Waals surface area (Å²) in [5.74, 6) is -0.211. The van der Waals surface area contributed by atoms with Crippen molar-refractivity contribution < 1.29 is 19.1 Å². The van der Waals surface area contributed by atoms with Gasteiger partial charge in [-0.2, -0.15) is 5.10 Å². The smallest absolute Gasteiger partial charge is 0.251 e. The van der Waals surface area contributed by atoms with E-state index in [1.807, 2.05) is 24.3 Å². The number of hydrogen-bond acceptors (Lipinski definition) is 5. The van der Waals surface area contributed by atoms with Gasteiger partial charge in [-0.1, -0.05) is 36.4 Å². The number of methoxy groups -OCH3 is 1. The number of hydrogen-bond donors (Lipinski definition) is 2. The number of ether oxygens (including phenoxy) is 1. The maximum Gasteiger partial charge on any atom is 0.251 e. The molecule has 0 saturated heterocycles. The number of allylic oxidation sites excluding steroid dienone is 4. The summed E-state index contributed by atoms with van der Waals surface area (Å²) in [7, 11) is 1.63. The molecule has 8 heteroatoms. The summed E-state index contributed by atoms with van der Waals surface area (Å²) in [5, 5.41) is 9.34. The Balaban J connectivity index is 1.49. The average Bonchev–Trinajstić information content (AvgIpc) is 3.26. The summed E-state index contributed by atoms with van der Waals surface area (Å²) in [6.45, 7) is -0.215. The fourth-order valence-electron chi connectivity index (χ4n) is 5.70. The molecule has 0 radical (unpaired) electrons. The number of amides is 3. The van der Waals surface area contributed by atoms with Gasteiger partial charge in [0.2, 0.25) is 11.8 Å². The summed E-state index contributed by atoms with van der Waals surface area (Å²) >= 11 is 0. The number of carbonyl (C=O) groups excluding carboxylic acids is 3. The van der Waals surface area contributed by atoms with Crippen LogP contribution in [0.4, 0.5) is 0 Å². The molecule has 0 bridgehead atoms. The predicted molar refractivity (Wildman–Crippen MR) is 150 cm³/mol. The number of nitrogens with zero attached hydrogens (tertiary/aromatic N) is 2. The van der Waals surface area contributed by atoms with Gasteiger partial charge in [0.15, 0.2) is 0 Å². The lowest BCUT2D eigenvalue weighted by atomic mass is 9.76. The van der Waals surface area contributed by atoms with Gasteiger partial charge in [-0.25, -0.2) is 5.01 Å². The highest BCUT2D eigenvalue weighted by Gasteiger charge is 2.42. The molecule has 3 aliphatic rings. The maximum absolute atomic E-state index is 13.6. The van der Waals surface area contributed by atoms with Gasteiger partial charge in [-0.15, -0.1) is 0 Å². The van der Waals surface area contributed by atoms with Crippen LogP contribution in [0.25, 0.3) is 11.1 Å². The Bertz CT molecular complexity index is 1330. The van der Waals surface area contributed by atoms with E-state index in [1.54, 1.807) is 24.3 Å². The molecule has 0 unspecified atom stereocenters. The van der Waals surface area contributed by atoms with E-state index in [0.717, 1.165) is 60.9 Å². The first-order chi connectivity index (χ1) is 19.0. The Morgan fingerprint density at radius 1 is 0.974 bits per heavy atom. The fourth-order valence-corrected chi connectivity index (χ4v) is 5.70. The molecule has 2 aromatic carbocycles. The number of hydrazone groups is 1. The van der Waals surface area contributed by atoms with Crippen molar-refractivity contribution in [2.45, 2.75) is 44.6 Å². The number of benzene rings is 2. The molecule has 2 aliphatic carbocycles. The van der Waals surface area contributed by atoms with Crippen molar-refractivity contribution in [2.24, 2.45) is 22.7 Å². The molecule has 1 aliphatic heterocycles. The summed E-state index contributed by atoms with van der Waals surface area (Å²) < 4.78 is 5.69. The van der Waals surface area contributed by atoms with Crippen molar-refractivity contribution in [3.8, 4) is 16.9 Å². The largest absolute Gasteiger partial charge is 0.496 e. The fraction of sp³-hybridized carbons (Fsp3) is 0.355. The lowest BCUT2D eigenvalue weighted by Gasteiger charge is -2.40. The highest BCUT2D eigenvalue weighted by atomic mass is 16.5. The molecule has 8 nitrogen and oxygen atoms in total. The van der Waals surface area contributed by atoms with Crippen molar-refractivity contribution >= 4 is 23.4 Å². The molecule has 0 saturated carbocycles. The van der Waals surface area contributed by atoms with E-state index in [2.05, 4.69) is 35.7 Å². The van der Waals surface area contributed by atoms with Crippen LogP contribution in [0.3, 0.4) is 0 Å². The van der Waals surface area contributed by atoms with Crippen molar-refractivity contribution in [1.29, 1.82) is 0 Å². The van der Waals surface area contributed by atoms with E-state index in [-0.39, 0.29) is 36.2 Å². The highest BCUT2D eigenvalue weighted by molar-refractivity contribution is 6.08. The SMILES string of the molecule is COc1ccc(C2=NN(C3CCC=CCC3)C(=O)[C@@H]3CC=CC[C@H]23)cc1-c1ccc(C(=O)NCC(N)=O)cc1. The summed E-state index contributed by atoms with van der Waals surface area (Å²) in [6.07, 6.45) is 13.9. The van der Waals surface area contributed by atoms with E-state index in [1.165, 1.54) is 0 Å². The molecule has 1 heterocycles. The van der Waals surface area contributed by atoms with Crippen molar-refractivity contribution in [3.05, 3.63) is 77.9 Å². The topological polar surface area (TPSA) is 114 Å². The number of nitrogens with two attached hydrogens (primary N) is 1. The maximum atomic E-state index is 13.6. The monoisotopic (exact) mass is 526 g/mol. The first-order valence-electron chi connectivity index (χ1n) is 13.5. The van der Waals surface area contributed by atoms with E-state index in [0.29, 0.717) is 11.3 Å². The molecule has 5 rings (SSSR count). The highest BCUT2D eigenvalue weighted by Crippen LogP contribution is 2.39. The third-order valence-electron chi connectivity index (χ3n) is 7.76. The predicted octanol–water partition coefficient (Wildman–Crippen LogP) is 4.20. The zero-order valence-corrected chi connectivity index (χ0v) is 22.1. The Labute approximate surface area is 228 Å². The van der Waals surface area contributed by atoms with E-state index in [4.69, 9.17) is 15.6 Å². The Hall–Kier alpha value is -4.20. The Kier molecular flexibility index (Phi) is 7.91. The van der Waals surface area contributed by atoms with Gasteiger partial charge in [0.05, 0.1) is 31.3 Å². The molecular weight excluding hydrogens is 492 g/mol. The molecule has 0 fully saturated rings. The quantitative estimate of drug-likeness (QED) is 0.526. The minimum Gasteiger partial charge on any atom is -0.496 e. The summed E-state index contributed by atoms with van der Waals surface area (Å²) in [6, 6.07) is 13.2. The molecule has 2 atom stereocenters. The van der Waals surface area contributed by atoms with Crippen LogP contribution in [0, 0.1) is 11.8 Å². The van der Waals surface area contributed by atoms with E-state index < -0.39 is 5.91 Å². The minimum atomic E-state index is -0.598. The third kappa shape index (κ3) is 5.65. The van der Waals surface area contributed by atoms with Gasteiger partial charge < -0.3 is 15.8 Å². The van der Waals surface area contributed by atoms with Crippen LogP contribution in [0.5, 0.6) is 5.75 Å². The van der Waals surface area contributed by atoms with Gasteiger partial charge in [0, 0.05) is 17.0 Å². The second kappa shape index (κ2) is 11.7. The van der Waals surface area contributed by atoms with Crippen LogP contribution < -0.4 is 15.8 Å². The van der Waals surface area contributed by atoms with Crippen LogP contribution in [0.2, 0.25) is 0 Å². The number of fused-ring (bicyclic) bond motifs is 1. The van der Waals surface area contributed by atoms with Crippen LogP contribution >= 0.6 is 0 Å². The molecule has 0 aromatic heterocycles. The standard InChI is InChI=1S/C31H34N4O4/c1-39-27-17-16-22(18-26(27)20-12-14-21(15-13-20)30(37)33-19-28(32)36)29-24-10-6-7-11-25(24)31(38)35(34-29)23-8-4-2-3-5-9-23/h2-3,6-7,12-18,23-25H,4-5,8-11,19H2,1H3,(H2,32,36)(H,33,37)/t24-,25+/m0/s1. The molecule has 202 valence electrons. The summed E-state index contributed by atoms with van der Waals surface area (Å²) in [4.78, 5) is 36.9. The van der Waals surface area contributed by atoms with E-state index in [9.17, 15) is 14.4 Å². The second-order valence-corrected chi connectivity index (χ2v) is 10.2. The molecule has 3 N–H and O–H groups in total. The molecule has 0 spiro atoms. The number of carbonyl (C=O) groups is 3. The lowest BCUT2D eigenvalue weighted by molar-refractivity contribution is -0.140. The zero-order chi connectivity index (χ0) is 27.4. The normalized spacial score (nSPS) is 21.1. The number of rotatable bonds is 7. The molecule has 3 amide bonds. The van der Waals surface area contributed by atoms with Crippen LogP contribution in [-0.2, 0) is 9.59 Å². The van der Waals surface area contributed by atoms with Gasteiger partial charge in [-0.3, -0.25) is 14.4 Å². The van der Waals surface area contributed by atoms with Crippen molar-refractivity contribution in [3.63, 3.8) is 0 Å². The van der Waals surface area contributed by atoms with Gasteiger partial charge in [0.25, 0.3) is 5.91 Å². The molecule has 2 aromatic rings. The van der Waals surface area contributed by atoms with Gasteiger partial charge >= 0.3 is 0 Å². The van der Waals surface area contributed by atoms with Crippen LogP contribution in [-0.4, -0.2) is 48.1 Å². The summed E-state index contributed by atoms with van der Waals surface area (Å²) in [5.41, 5.74) is 9.20. The third-order valence-corrected chi connectivity index (χ3v) is 7.76. The zero-order valence-electron chi connectivity index (χ0n) is 22.1. The number of nitrogens with one attached hydrogen (secondary N) is 1. The Morgan fingerprint density at radius 3 is 2.31 bits per heavy atom. The molecule has 39 heavy (non-hydrogen) atoms. The second-order valence-electron chi connectivity index (χ2n) is 10.2. The molecular formula is C31H34N4O4. The first kappa shape index (κ1) is 26.4. The lowest BCUT2D eigenvalue weighted by Crippen LogP contribution is -2.49. The van der Waals surface area contributed by atoms with Crippen molar-refractivity contribution in [1.82, 2.24) is 10.3 Å². The van der Waals surface area contributed by atoms with Gasteiger partial charge in [0.1, 0.15) is 5.75 Å². The van der Waals surface area contributed by atoms with Crippen LogP contribution in [0.1, 0.15) is 54.4 Å². The van der Waals surface area contributed by atoms with Gasteiger partial charge in [-0.05, 0) is 80.0 Å². The van der Waals surface area contributed by atoms with Crippen molar-refractivity contribution in [2.75, 3.05) is 13.7 Å². The average molecular weight is 527 g/mol.